The molecule has 18 heavy (non-hydrogen) atoms. The van der Waals surface area contributed by atoms with Crippen molar-refractivity contribution in [2.75, 3.05) is 0 Å². The predicted molar refractivity (Wildman–Crippen MR) is 60.4 cm³/mol. The maximum Gasteiger partial charge on any atom is 0.241 e. The molecule has 0 spiro atoms. The summed E-state index contributed by atoms with van der Waals surface area (Å²) in [7, 11) is 1.97. The Morgan fingerprint density at radius 1 is 1.11 bits per heavy atom. The van der Waals surface area contributed by atoms with Crippen LogP contribution in [0.4, 0.5) is 0 Å². The SMILES string of the molecule is C[n+]1cc[nH]c1.O=C1[N-]C(=O)c2ccccc21.[Y]. The van der Waals surface area contributed by atoms with Crippen LogP contribution >= 0.6 is 0 Å². The van der Waals surface area contributed by atoms with Crippen LogP contribution in [0.3, 0.4) is 0 Å². The number of carbonyl (C=O) groups excluding carboxylic acids is 2. The second kappa shape index (κ2) is 6.56. The van der Waals surface area contributed by atoms with Gasteiger partial charge in [-0.25, -0.2) is 4.57 Å². The van der Waals surface area contributed by atoms with Gasteiger partial charge in [-0.3, -0.25) is 4.98 Å². The normalized spacial score (nSPS) is 11.8. The number of aryl methyl sites for hydroxylation is 1. The third kappa shape index (κ3) is 3.34. The van der Waals surface area contributed by atoms with Crippen LogP contribution in [-0.2, 0) is 39.8 Å². The fourth-order valence-electron chi connectivity index (χ4n) is 1.43. The van der Waals surface area contributed by atoms with E-state index in [0.717, 1.165) is 0 Å². The summed E-state index contributed by atoms with van der Waals surface area (Å²) in [6.07, 6.45) is 5.69. The van der Waals surface area contributed by atoms with E-state index in [-0.39, 0.29) is 32.7 Å². The number of nitrogens with zero attached hydrogens (tertiary/aromatic N) is 2. The van der Waals surface area contributed by atoms with Gasteiger partial charge in [-0.1, -0.05) is 24.3 Å². The minimum atomic E-state index is -0.425. The number of carbonyl (C=O) groups is 2. The summed E-state index contributed by atoms with van der Waals surface area (Å²) in [5.74, 6) is -0.851. The summed E-state index contributed by atoms with van der Waals surface area (Å²) in [4.78, 5) is 24.7. The first-order valence-electron chi connectivity index (χ1n) is 5.06. The minimum Gasteiger partial charge on any atom is -0.587 e. The molecule has 3 rings (SSSR count). The number of aromatic nitrogens is 2. The van der Waals surface area contributed by atoms with E-state index in [9.17, 15) is 9.59 Å². The first-order valence-corrected chi connectivity index (χ1v) is 5.06. The fourth-order valence-corrected chi connectivity index (χ4v) is 1.43. The number of rotatable bonds is 0. The molecule has 2 amide bonds. The van der Waals surface area contributed by atoms with Gasteiger partial charge in [0.15, 0.2) is 0 Å². The Morgan fingerprint density at radius 2 is 1.67 bits per heavy atom. The number of hydrogen-bond acceptors (Lipinski definition) is 2. The molecule has 2 aromatic rings. The number of nitrogens with one attached hydrogen (secondary N) is 1. The van der Waals surface area contributed by atoms with E-state index >= 15 is 0 Å². The van der Waals surface area contributed by atoms with Gasteiger partial charge in [0.05, 0.1) is 18.9 Å². The van der Waals surface area contributed by atoms with Gasteiger partial charge in [0, 0.05) is 43.8 Å². The van der Waals surface area contributed by atoms with E-state index in [2.05, 4.69) is 10.3 Å². The molecule has 6 heteroatoms. The molecule has 1 radical (unpaired) electrons. The molecule has 1 N–H and O–H groups in total. The maximum atomic E-state index is 10.9. The zero-order chi connectivity index (χ0) is 12.3. The second-order valence-electron chi connectivity index (χ2n) is 3.54. The van der Waals surface area contributed by atoms with Gasteiger partial charge in [0.1, 0.15) is 12.4 Å². The van der Waals surface area contributed by atoms with Crippen molar-refractivity contribution in [1.29, 1.82) is 0 Å². The summed E-state index contributed by atoms with van der Waals surface area (Å²) in [5, 5.41) is 3.28. The van der Waals surface area contributed by atoms with Gasteiger partial charge >= 0.3 is 0 Å². The van der Waals surface area contributed by atoms with Crippen LogP contribution in [0.1, 0.15) is 20.7 Å². The molecule has 0 unspecified atom stereocenters. The fraction of sp³-hybridized carbons (Fsp3) is 0.0833. The Morgan fingerprint density at radius 3 is 2.00 bits per heavy atom. The number of benzene rings is 1. The Balaban J connectivity index is 0.000000199. The predicted octanol–water partition coefficient (Wildman–Crippen LogP) is 1.19. The first-order chi connectivity index (χ1) is 8.18. The monoisotopic (exact) mass is 318 g/mol. The van der Waals surface area contributed by atoms with E-state index in [4.69, 9.17) is 0 Å². The summed E-state index contributed by atoms with van der Waals surface area (Å²) < 4.78 is 1.94. The van der Waals surface area contributed by atoms with Crippen LogP contribution in [0, 0.1) is 0 Å². The Kier molecular flexibility index (Phi) is 5.37. The van der Waals surface area contributed by atoms with Crippen molar-refractivity contribution >= 4 is 11.8 Å². The van der Waals surface area contributed by atoms with Gasteiger partial charge in [-0.2, -0.15) is 0 Å². The van der Waals surface area contributed by atoms with Crippen molar-refractivity contribution in [3.8, 4) is 0 Å². The van der Waals surface area contributed by atoms with Gasteiger partial charge in [-0.15, -0.1) is 0 Å². The molecule has 1 aromatic heterocycles. The molecule has 1 aliphatic rings. The van der Waals surface area contributed by atoms with E-state index in [1.165, 1.54) is 0 Å². The molecule has 0 saturated carbocycles. The number of fused-ring (bicyclic) bond motifs is 1. The molecule has 1 aromatic carbocycles. The third-order valence-electron chi connectivity index (χ3n) is 2.28. The largest absolute Gasteiger partial charge is 0.587 e. The zero-order valence-corrected chi connectivity index (χ0v) is 12.7. The summed E-state index contributed by atoms with van der Waals surface area (Å²) in [6.45, 7) is 0. The van der Waals surface area contributed by atoms with Crippen molar-refractivity contribution in [3.63, 3.8) is 0 Å². The number of hydrogen-bond donors (Lipinski definition) is 1. The van der Waals surface area contributed by atoms with Crippen LogP contribution in [0.2, 0.25) is 0 Å². The van der Waals surface area contributed by atoms with Crippen LogP contribution in [0.15, 0.2) is 43.0 Å². The van der Waals surface area contributed by atoms with Crippen LogP contribution in [0.25, 0.3) is 5.32 Å². The topological polar surface area (TPSA) is 67.9 Å². The molecule has 1 aliphatic heterocycles. The molecule has 0 saturated heterocycles. The van der Waals surface area contributed by atoms with Crippen molar-refractivity contribution in [3.05, 3.63) is 59.4 Å². The Hall–Kier alpha value is -1.33. The molecular formula is C12H11N3O2Y. The van der Waals surface area contributed by atoms with E-state index < -0.39 is 11.8 Å². The smallest absolute Gasteiger partial charge is 0.241 e. The van der Waals surface area contributed by atoms with E-state index in [1.807, 2.05) is 30.3 Å². The van der Waals surface area contributed by atoms with E-state index in [1.54, 1.807) is 24.3 Å². The van der Waals surface area contributed by atoms with Gasteiger partial charge in [-0.05, 0) is 0 Å². The number of aromatic amines is 1. The molecule has 5 nitrogen and oxygen atoms in total. The standard InChI is InChI=1S/C8H5NO2.C4H6N2.Y/c10-7-5-3-1-2-4-6(5)8(11)9-7;1-6-3-2-5-4-6;/h1-4H,(H,9,10,11);2-4H,1H3;. The van der Waals surface area contributed by atoms with Crippen LogP contribution in [0.5, 0.6) is 0 Å². The third-order valence-corrected chi connectivity index (χ3v) is 2.28. The number of imide groups is 1. The van der Waals surface area contributed by atoms with Crippen molar-refractivity contribution in [2.45, 2.75) is 0 Å². The Labute approximate surface area is 129 Å². The summed E-state index contributed by atoms with van der Waals surface area (Å²) in [6, 6.07) is 6.63. The first kappa shape index (κ1) is 14.7. The van der Waals surface area contributed by atoms with Gasteiger partial charge < -0.3 is 14.9 Å². The zero-order valence-electron chi connectivity index (χ0n) is 9.83. The van der Waals surface area contributed by atoms with Crippen molar-refractivity contribution in [1.82, 2.24) is 4.98 Å². The Bertz CT molecular complexity index is 519. The van der Waals surface area contributed by atoms with E-state index in [0.29, 0.717) is 11.1 Å². The molecule has 2 heterocycles. The second-order valence-corrected chi connectivity index (χ2v) is 3.54. The average Bonchev–Trinajstić information content (AvgIpc) is 2.90. The van der Waals surface area contributed by atoms with Crippen LogP contribution < -0.4 is 4.57 Å². The maximum absolute atomic E-state index is 10.9. The molecule has 0 fully saturated rings. The number of imidazole rings is 1. The summed E-state index contributed by atoms with van der Waals surface area (Å²) >= 11 is 0. The molecular weight excluding hydrogens is 307 g/mol. The van der Waals surface area contributed by atoms with Gasteiger partial charge in [0.2, 0.25) is 6.33 Å². The average molecular weight is 318 g/mol. The molecule has 89 valence electrons. The summed E-state index contributed by atoms with van der Waals surface area (Å²) in [5.41, 5.74) is 0.829. The number of amides is 2. The van der Waals surface area contributed by atoms with Crippen LogP contribution in [-0.4, -0.2) is 16.8 Å². The quantitative estimate of drug-likeness (QED) is 0.586. The minimum absolute atomic E-state index is 0. The molecule has 0 aliphatic carbocycles. The molecule has 0 bridgehead atoms. The van der Waals surface area contributed by atoms with Crippen molar-refractivity contribution < 1.29 is 46.9 Å². The molecule has 0 atom stereocenters. The van der Waals surface area contributed by atoms with Gasteiger partial charge in [0.25, 0.3) is 0 Å². The van der Waals surface area contributed by atoms with Crippen molar-refractivity contribution in [2.24, 2.45) is 7.05 Å². The number of H-pyrrole nitrogens is 1.